The second-order valence-corrected chi connectivity index (χ2v) is 4.86. The molecule has 3 N–H and O–H groups in total. The van der Waals surface area contributed by atoms with Gasteiger partial charge < -0.3 is 15.7 Å². The smallest absolute Gasteiger partial charge is 0.252 e. The van der Waals surface area contributed by atoms with E-state index in [2.05, 4.69) is 10.6 Å². The summed E-state index contributed by atoms with van der Waals surface area (Å²) in [5, 5.41) is 15.5. The quantitative estimate of drug-likeness (QED) is 0.678. The molecule has 0 radical (unpaired) electrons. The van der Waals surface area contributed by atoms with Crippen molar-refractivity contribution in [2.75, 3.05) is 24.3 Å². The fourth-order valence-corrected chi connectivity index (χ4v) is 1.81. The first-order chi connectivity index (χ1) is 9.08. The summed E-state index contributed by atoms with van der Waals surface area (Å²) in [5.74, 6) is -0.0164. The number of hydrogen-bond donors (Lipinski definition) is 3. The number of aliphatic hydroxyl groups excluding tert-OH is 1. The van der Waals surface area contributed by atoms with E-state index in [1.165, 1.54) is 0 Å². The third kappa shape index (κ3) is 5.27. The van der Waals surface area contributed by atoms with Crippen LogP contribution in [0.3, 0.4) is 0 Å². The molecule has 0 aromatic heterocycles. The van der Waals surface area contributed by atoms with Crippen LogP contribution in [0.1, 0.15) is 23.7 Å². The van der Waals surface area contributed by atoms with E-state index < -0.39 is 6.10 Å². The number of carbonyl (C=O) groups excluding carboxylic acids is 1. The van der Waals surface area contributed by atoms with Crippen LogP contribution in [0.5, 0.6) is 0 Å². The molecule has 6 heteroatoms. The summed E-state index contributed by atoms with van der Waals surface area (Å²) in [6.07, 6.45) is 0.257. The summed E-state index contributed by atoms with van der Waals surface area (Å²) < 4.78 is 0. The molecular formula is C13H18Cl2N2O2. The van der Waals surface area contributed by atoms with Crippen LogP contribution in [0.25, 0.3) is 0 Å². The molecule has 1 unspecified atom stereocenters. The van der Waals surface area contributed by atoms with Gasteiger partial charge in [0.2, 0.25) is 0 Å². The van der Waals surface area contributed by atoms with Crippen LogP contribution in [0.4, 0.5) is 5.69 Å². The highest BCUT2D eigenvalue weighted by atomic mass is 35.5. The van der Waals surface area contributed by atoms with Gasteiger partial charge in [-0.25, -0.2) is 0 Å². The standard InChI is InChI=1S/C13H18Cl2N2O2/c1-2-5-16-13(19)11-4-3-9(6-12(11)15)17-8-10(18)7-14/h3-4,6,10,17-18H,2,5,7-8H2,1H3,(H,16,19). The lowest BCUT2D eigenvalue weighted by molar-refractivity contribution is 0.0954. The van der Waals surface area contributed by atoms with E-state index in [-0.39, 0.29) is 11.8 Å². The van der Waals surface area contributed by atoms with Crippen LogP contribution < -0.4 is 10.6 Å². The highest BCUT2D eigenvalue weighted by Crippen LogP contribution is 2.21. The minimum Gasteiger partial charge on any atom is -0.390 e. The van der Waals surface area contributed by atoms with Crippen molar-refractivity contribution in [2.45, 2.75) is 19.4 Å². The number of hydrogen-bond acceptors (Lipinski definition) is 3. The molecule has 0 saturated carbocycles. The minimum absolute atomic E-state index is 0.165. The van der Waals surface area contributed by atoms with Crippen molar-refractivity contribution in [2.24, 2.45) is 0 Å². The molecular weight excluding hydrogens is 287 g/mol. The minimum atomic E-state index is -0.618. The fraction of sp³-hybridized carbons (Fsp3) is 0.462. The SMILES string of the molecule is CCCNC(=O)c1ccc(NCC(O)CCl)cc1Cl. The predicted octanol–water partition coefficient (Wildman–Crippen LogP) is 2.49. The first kappa shape index (κ1) is 16.1. The first-order valence-corrected chi connectivity index (χ1v) is 7.05. The third-order valence-electron chi connectivity index (χ3n) is 2.47. The summed E-state index contributed by atoms with van der Waals surface area (Å²) in [4.78, 5) is 11.8. The maximum absolute atomic E-state index is 11.8. The van der Waals surface area contributed by atoms with Crippen molar-refractivity contribution in [1.29, 1.82) is 0 Å². The van der Waals surface area contributed by atoms with Gasteiger partial charge in [-0.3, -0.25) is 4.79 Å². The van der Waals surface area contributed by atoms with E-state index in [1.54, 1.807) is 18.2 Å². The molecule has 0 saturated heterocycles. The zero-order valence-electron chi connectivity index (χ0n) is 10.7. The van der Waals surface area contributed by atoms with Gasteiger partial charge in [0.15, 0.2) is 0 Å². The number of halogens is 2. The van der Waals surface area contributed by atoms with Gasteiger partial charge in [-0.05, 0) is 24.6 Å². The highest BCUT2D eigenvalue weighted by molar-refractivity contribution is 6.34. The van der Waals surface area contributed by atoms with Crippen LogP contribution in [-0.4, -0.2) is 36.1 Å². The zero-order chi connectivity index (χ0) is 14.3. The molecule has 4 nitrogen and oxygen atoms in total. The third-order valence-corrected chi connectivity index (χ3v) is 3.14. The number of anilines is 1. The lowest BCUT2D eigenvalue weighted by Crippen LogP contribution is -2.24. The van der Waals surface area contributed by atoms with Gasteiger partial charge in [-0.1, -0.05) is 18.5 Å². The summed E-state index contributed by atoms with van der Waals surface area (Å²) in [6, 6.07) is 5.06. The summed E-state index contributed by atoms with van der Waals surface area (Å²) in [6.45, 7) is 2.94. The molecule has 1 amide bonds. The largest absolute Gasteiger partial charge is 0.390 e. The van der Waals surface area contributed by atoms with E-state index in [9.17, 15) is 9.90 Å². The number of rotatable bonds is 7. The topological polar surface area (TPSA) is 61.4 Å². The molecule has 1 aromatic rings. The molecule has 106 valence electrons. The number of aliphatic hydroxyl groups is 1. The van der Waals surface area contributed by atoms with Crippen LogP contribution in [0.2, 0.25) is 5.02 Å². The molecule has 19 heavy (non-hydrogen) atoms. The molecule has 1 aromatic carbocycles. The second-order valence-electron chi connectivity index (χ2n) is 4.14. The van der Waals surface area contributed by atoms with E-state index in [1.807, 2.05) is 6.92 Å². The number of amides is 1. The van der Waals surface area contributed by atoms with Gasteiger partial charge in [0.05, 0.1) is 22.6 Å². The van der Waals surface area contributed by atoms with Crippen LogP contribution in [0, 0.1) is 0 Å². The van der Waals surface area contributed by atoms with E-state index in [0.717, 1.165) is 12.1 Å². The summed E-state index contributed by atoms with van der Waals surface area (Å²) in [5.41, 5.74) is 1.18. The van der Waals surface area contributed by atoms with E-state index in [0.29, 0.717) is 23.7 Å². The van der Waals surface area contributed by atoms with Crippen molar-refractivity contribution < 1.29 is 9.90 Å². The molecule has 0 bridgehead atoms. The van der Waals surface area contributed by atoms with Gasteiger partial charge in [0.25, 0.3) is 5.91 Å². The van der Waals surface area contributed by atoms with E-state index in [4.69, 9.17) is 23.2 Å². The fourth-order valence-electron chi connectivity index (χ4n) is 1.43. The normalized spacial score (nSPS) is 12.0. The monoisotopic (exact) mass is 304 g/mol. The van der Waals surface area contributed by atoms with Gasteiger partial charge >= 0.3 is 0 Å². The molecule has 0 heterocycles. The lowest BCUT2D eigenvalue weighted by Gasteiger charge is -2.12. The molecule has 0 spiro atoms. The molecule has 0 aliphatic heterocycles. The average Bonchev–Trinajstić information content (AvgIpc) is 2.42. The lowest BCUT2D eigenvalue weighted by atomic mass is 10.2. The Labute approximate surface area is 123 Å². The van der Waals surface area contributed by atoms with Crippen molar-refractivity contribution in [3.8, 4) is 0 Å². The summed E-state index contributed by atoms with van der Waals surface area (Å²) in [7, 11) is 0. The van der Waals surface area contributed by atoms with Gasteiger partial charge in [0, 0.05) is 18.8 Å². The average molecular weight is 305 g/mol. The van der Waals surface area contributed by atoms with Gasteiger partial charge in [-0.15, -0.1) is 11.6 Å². The van der Waals surface area contributed by atoms with E-state index >= 15 is 0 Å². The maximum Gasteiger partial charge on any atom is 0.252 e. The Kier molecular flexibility index (Phi) is 6.99. The number of nitrogens with one attached hydrogen (secondary N) is 2. The molecule has 0 fully saturated rings. The molecule has 0 aliphatic carbocycles. The van der Waals surface area contributed by atoms with Crippen LogP contribution >= 0.6 is 23.2 Å². The van der Waals surface area contributed by atoms with Crippen LogP contribution in [0.15, 0.2) is 18.2 Å². The molecule has 0 aliphatic rings. The maximum atomic E-state index is 11.8. The Morgan fingerprint density at radius 3 is 2.79 bits per heavy atom. The molecule has 1 atom stereocenters. The Hall–Kier alpha value is -0.970. The first-order valence-electron chi connectivity index (χ1n) is 6.14. The Bertz CT molecular complexity index is 427. The van der Waals surface area contributed by atoms with Crippen molar-refractivity contribution in [1.82, 2.24) is 5.32 Å². The molecule has 1 rings (SSSR count). The number of alkyl halides is 1. The highest BCUT2D eigenvalue weighted by Gasteiger charge is 2.10. The Morgan fingerprint density at radius 2 is 2.21 bits per heavy atom. The van der Waals surface area contributed by atoms with Gasteiger partial charge in [-0.2, -0.15) is 0 Å². The second kappa shape index (κ2) is 8.25. The Balaban J connectivity index is 2.66. The van der Waals surface area contributed by atoms with Gasteiger partial charge in [0.1, 0.15) is 0 Å². The van der Waals surface area contributed by atoms with Crippen molar-refractivity contribution in [3.63, 3.8) is 0 Å². The number of carbonyl (C=O) groups is 1. The number of benzene rings is 1. The Morgan fingerprint density at radius 1 is 1.47 bits per heavy atom. The summed E-state index contributed by atoms with van der Waals surface area (Å²) >= 11 is 11.6. The zero-order valence-corrected chi connectivity index (χ0v) is 12.3. The van der Waals surface area contributed by atoms with Crippen LogP contribution in [-0.2, 0) is 0 Å². The predicted molar refractivity (Wildman–Crippen MR) is 79.3 cm³/mol. The van der Waals surface area contributed by atoms with Crippen molar-refractivity contribution in [3.05, 3.63) is 28.8 Å². The van der Waals surface area contributed by atoms with Crippen molar-refractivity contribution >= 4 is 34.8 Å².